The molecule has 2 N–H and O–H groups in total. The van der Waals surface area contributed by atoms with Crippen molar-refractivity contribution >= 4 is 29.1 Å². The summed E-state index contributed by atoms with van der Waals surface area (Å²) < 4.78 is 9.05. The lowest BCUT2D eigenvalue weighted by Crippen LogP contribution is -2.39. The molecule has 0 spiro atoms. The van der Waals surface area contributed by atoms with Crippen molar-refractivity contribution < 1.29 is 18.9 Å². The molecule has 1 atom stereocenters. The van der Waals surface area contributed by atoms with Crippen LogP contribution < -0.4 is 15.5 Å². The molecule has 7 rings (SSSR count). The van der Waals surface area contributed by atoms with Gasteiger partial charge in [0.1, 0.15) is 12.1 Å². The number of aryl methyl sites for hydroxylation is 1. The monoisotopic (exact) mass is 772 g/mol. The maximum atomic E-state index is 12.7. The molecule has 1 aromatic carbocycles. The number of rotatable bonds is 14. The maximum absolute atomic E-state index is 12.7. The van der Waals surface area contributed by atoms with Crippen LogP contribution >= 0.6 is 0 Å². The van der Waals surface area contributed by atoms with Gasteiger partial charge in [-0.3, -0.25) is 24.4 Å². The average molecular weight is 773 g/mol. The summed E-state index contributed by atoms with van der Waals surface area (Å²) in [6.45, 7) is 14.2. The van der Waals surface area contributed by atoms with Gasteiger partial charge in [0.25, 0.3) is 11.7 Å². The van der Waals surface area contributed by atoms with E-state index in [1.165, 1.54) is 0 Å². The number of imide groups is 1. The number of piperidine rings is 1. The lowest BCUT2D eigenvalue weighted by atomic mass is 9.92. The predicted molar refractivity (Wildman–Crippen MR) is 213 cm³/mol. The minimum absolute atomic E-state index is 0.0159. The van der Waals surface area contributed by atoms with Crippen LogP contribution in [0.5, 0.6) is 0 Å². The number of benzene rings is 1. The van der Waals surface area contributed by atoms with Crippen LogP contribution in [0.1, 0.15) is 79.7 Å². The highest BCUT2D eigenvalue weighted by Gasteiger charge is 2.28. The third kappa shape index (κ3) is 8.91. The Labute approximate surface area is 330 Å². The first-order valence-corrected chi connectivity index (χ1v) is 19.2. The second kappa shape index (κ2) is 16.4. The summed E-state index contributed by atoms with van der Waals surface area (Å²) in [6, 6.07) is 12.0. The molecule has 1 unspecified atom stereocenters. The molecule has 0 saturated carbocycles. The number of amides is 3. The maximum Gasteiger partial charge on any atom is 0.292 e. The SMILES string of the molecule is CCN(CCN(C)CCn1cc(-c2cc3c(-c4ccc(CNC(=O)c5noc(C(C)(C)C)n5)c(C)c4)ncnn3c2)cn1)c1ccc(C2CCC(=O)NC2=O)cn1. The summed E-state index contributed by atoms with van der Waals surface area (Å²) in [5, 5.41) is 18.3. The summed E-state index contributed by atoms with van der Waals surface area (Å²) >= 11 is 0. The molecular weight excluding hydrogens is 725 g/mol. The first kappa shape index (κ1) is 39.0. The van der Waals surface area contributed by atoms with Gasteiger partial charge in [-0.25, -0.2) is 14.5 Å². The van der Waals surface area contributed by atoms with E-state index in [0.717, 1.165) is 83.1 Å². The van der Waals surface area contributed by atoms with Gasteiger partial charge in [0.05, 0.1) is 29.9 Å². The Morgan fingerprint density at radius 1 is 1.00 bits per heavy atom. The highest BCUT2D eigenvalue weighted by Crippen LogP contribution is 2.30. The van der Waals surface area contributed by atoms with E-state index in [1.807, 2.05) is 79.7 Å². The fraction of sp³-hybridized carbons (Fsp3) is 0.390. The number of nitrogens with zero attached hydrogens (tertiary/aromatic N) is 10. The van der Waals surface area contributed by atoms with Crippen molar-refractivity contribution in [2.75, 3.05) is 38.1 Å². The molecule has 0 radical (unpaired) electrons. The van der Waals surface area contributed by atoms with Crippen molar-refractivity contribution in [3.63, 3.8) is 0 Å². The predicted octanol–water partition coefficient (Wildman–Crippen LogP) is 4.55. The van der Waals surface area contributed by atoms with Gasteiger partial charge >= 0.3 is 0 Å². The van der Waals surface area contributed by atoms with Crippen LogP contribution in [-0.4, -0.2) is 95.4 Å². The van der Waals surface area contributed by atoms with Crippen LogP contribution in [0.2, 0.25) is 0 Å². The third-order valence-electron chi connectivity index (χ3n) is 10.3. The molecule has 6 heterocycles. The first-order chi connectivity index (χ1) is 27.4. The fourth-order valence-corrected chi connectivity index (χ4v) is 6.77. The lowest BCUT2D eigenvalue weighted by molar-refractivity contribution is -0.134. The highest BCUT2D eigenvalue weighted by atomic mass is 16.5. The number of pyridine rings is 1. The minimum Gasteiger partial charge on any atom is -0.356 e. The smallest absolute Gasteiger partial charge is 0.292 e. The number of carbonyl (C=O) groups excluding carboxylic acids is 3. The average Bonchev–Trinajstić information content (AvgIpc) is 3.97. The molecule has 1 saturated heterocycles. The fourth-order valence-electron chi connectivity index (χ4n) is 6.77. The lowest BCUT2D eigenvalue weighted by Gasteiger charge is -2.26. The molecule has 3 amide bonds. The van der Waals surface area contributed by atoms with Gasteiger partial charge in [0, 0.05) is 79.8 Å². The van der Waals surface area contributed by atoms with Crippen LogP contribution in [0.3, 0.4) is 0 Å². The minimum atomic E-state index is -0.392. The van der Waals surface area contributed by atoms with Gasteiger partial charge in [-0.15, -0.1) is 0 Å². The van der Waals surface area contributed by atoms with Crippen LogP contribution in [0.4, 0.5) is 5.82 Å². The van der Waals surface area contributed by atoms with E-state index in [0.29, 0.717) is 25.3 Å². The molecule has 57 heavy (non-hydrogen) atoms. The summed E-state index contributed by atoms with van der Waals surface area (Å²) in [5.74, 6) is 0.0844. The van der Waals surface area contributed by atoms with Gasteiger partial charge in [-0.2, -0.15) is 15.2 Å². The Kier molecular flexibility index (Phi) is 11.2. The number of anilines is 1. The summed E-state index contributed by atoms with van der Waals surface area (Å²) in [5.41, 5.74) is 7.03. The molecule has 6 aromatic rings. The molecular formula is C41H48N12O4. The Morgan fingerprint density at radius 2 is 1.84 bits per heavy atom. The second-order valence-electron chi connectivity index (χ2n) is 15.5. The molecule has 0 bridgehead atoms. The van der Waals surface area contributed by atoms with Gasteiger partial charge in [-0.05, 0) is 62.2 Å². The quantitative estimate of drug-likeness (QED) is 0.148. The number of aromatic nitrogens is 8. The Bertz CT molecular complexity index is 2390. The second-order valence-corrected chi connectivity index (χ2v) is 15.5. The van der Waals surface area contributed by atoms with Crippen molar-refractivity contribution in [1.82, 2.24) is 55.0 Å². The van der Waals surface area contributed by atoms with E-state index in [2.05, 4.69) is 76.8 Å². The Morgan fingerprint density at radius 3 is 2.56 bits per heavy atom. The van der Waals surface area contributed by atoms with E-state index in [9.17, 15) is 14.4 Å². The number of hydrogen-bond donors (Lipinski definition) is 2. The molecule has 5 aromatic heterocycles. The third-order valence-corrected chi connectivity index (χ3v) is 10.3. The molecule has 1 aliphatic rings. The molecule has 16 heteroatoms. The molecule has 1 aliphatic heterocycles. The number of fused-ring (bicyclic) bond motifs is 1. The number of likely N-dealkylation sites (N-methyl/N-ethyl adjacent to an activating group) is 2. The molecule has 1 fully saturated rings. The van der Waals surface area contributed by atoms with Crippen molar-refractivity contribution in [1.29, 1.82) is 0 Å². The largest absolute Gasteiger partial charge is 0.356 e. The van der Waals surface area contributed by atoms with Gasteiger partial charge in [-0.1, -0.05) is 44.1 Å². The number of hydrogen-bond acceptors (Lipinski definition) is 12. The van der Waals surface area contributed by atoms with Crippen molar-refractivity contribution in [3.05, 3.63) is 95.9 Å². The Hall–Kier alpha value is -6.29. The summed E-state index contributed by atoms with van der Waals surface area (Å²) in [7, 11) is 2.10. The first-order valence-electron chi connectivity index (χ1n) is 19.2. The topological polar surface area (TPSA) is 182 Å². The van der Waals surface area contributed by atoms with Crippen LogP contribution in [0.25, 0.3) is 27.9 Å². The zero-order valence-electron chi connectivity index (χ0n) is 33.2. The van der Waals surface area contributed by atoms with E-state index < -0.39 is 5.91 Å². The zero-order valence-corrected chi connectivity index (χ0v) is 33.2. The summed E-state index contributed by atoms with van der Waals surface area (Å²) in [6.07, 6.45) is 10.1. The van der Waals surface area contributed by atoms with Crippen molar-refractivity contribution in [2.45, 2.75) is 71.9 Å². The zero-order chi connectivity index (χ0) is 40.3. The standard InChI is InChI=1S/C41H48N12O4/c1-7-51(34-12-10-29(21-42-34)32-11-13-35(54)47-38(32)55)16-14-50(6)15-17-52-23-31(22-45-52)30-19-33-36(44-25-46-53(33)24-30)27-8-9-28(26(2)18-27)20-43-39(56)37-48-40(57-49-37)41(3,4)5/h8-10,12,18-19,21-25,32H,7,11,13-17,20H2,1-6H3,(H,43,56)(H,47,54,55). The number of carbonyl (C=O) groups is 3. The van der Waals surface area contributed by atoms with Gasteiger partial charge < -0.3 is 19.6 Å². The van der Waals surface area contributed by atoms with E-state index in [1.54, 1.807) is 12.5 Å². The van der Waals surface area contributed by atoms with Crippen LogP contribution in [0.15, 0.2) is 72.0 Å². The molecule has 0 aliphatic carbocycles. The highest BCUT2D eigenvalue weighted by molar-refractivity contribution is 6.00. The van der Waals surface area contributed by atoms with E-state index in [-0.39, 0.29) is 29.0 Å². The number of nitrogens with one attached hydrogen (secondary N) is 2. The van der Waals surface area contributed by atoms with Crippen molar-refractivity contribution in [3.8, 4) is 22.4 Å². The molecule has 16 nitrogen and oxygen atoms in total. The Balaban J connectivity index is 0.934. The summed E-state index contributed by atoms with van der Waals surface area (Å²) in [4.78, 5) is 54.6. The van der Waals surface area contributed by atoms with E-state index >= 15 is 0 Å². The van der Waals surface area contributed by atoms with Crippen LogP contribution in [0, 0.1) is 6.92 Å². The normalized spacial score (nSPS) is 14.7. The molecule has 296 valence electrons. The van der Waals surface area contributed by atoms with Crippen LogP contribution in [-0.2, 0) is 28.1 Å². The van der Waals surface area contributed by atoms with Gasteiger partial charge in [0.15, 0.2) is 0 Å². The van der Waals surface area contributed by atoms with Gasteiger partial charge in [0.2, 0.25) is 17.7 Å². The van der Waals surface area contributed by atoms with E-state index in [4.69, 9.17) is 4.52 Å². The van der Waals surface area contributed by atoms with Crippen molar-refractivity contribution in [2.24, 2.45) is 0 Å².